The summed E-state index contributed by atoms with van der Waals surface area (Å²) in [7, 11) is 0. The lowest BCUT2D eigenvalue weighted by Gasteiger charge is -2.20. The minimum Gasteiger partial charge on any atom is -0.349 e. The molecule has 1 N–H and O–H groups in total. The van der Waals surface area contributed by atoms with Gasteiger partial charge in [-0.05, 0) is 38.0 Å². The van der Waals surface area contributed by atoms with Gasteiger partial charge in [0.2, 0.25) is 11.8 Å². The van der Waals surface area contributed by atoms with Gasteiger partial charge in [-0.1, -0.05) is 12.1 Å². The van der Waals surface area contributed by atoms with Gasteiger partial charge >= 0.3 is 0 Å². The molecule has 1 atom stereocenters. The number of carbonyl (C=O) groups excluding carboxylic acids is 2. The molecule has 0 radical (unpaired) electrons. The quantitative estimate of drug-likeness (QED) is 0.928. The second kappa shape index (κ2) is 6.73. The lowest BCUT2D eigenvalue weighted by Crippen LogP contribution is -2.32. The van der Waals surface area contributed by atoms with Crippen LogP contribution >= 0.6 is 11.3 Å². The molecule has 0 bridgehead atoms. The molecule has 3 rings (SSSR count). The fourth-order valence-electron chi connectivity index (χ4n) is 2.94. The normalized spacial score (nSPS) is 17.4. The Morgan fingerprint density at radius 1 is 1.38 bits per heavy atom. The zero-order valence-electron chi connectivity index (χ0n) is 14.1. The summed E-state index contributed by atoms with van der Waals surface area (Å²) in [6.07, 6.45) is 0.260. The van der Waals surface area contributed by atoms with E-state index in [1.807, 2.05) is 44.4 Å². The first-order valence-electron chi connectivity index (χ1n) is 8.01. The molecule has 0 aliphatic carbocycles. The van der Waals surface area contributed by atoms with Gasteiger partial charge in [0.25, 0.3) is 0 Å². The summed E-state index contributed by atoms with van der Waals surface area (Å²) in [5, 5.41) is 5.75. The van der Waals surface area contributed by atoms with E-state index < -0.39 is 0 Å². The summed E-state index contributed by atoms with van der Waals surface area (Å²) in [4.78, 5) is 30.8. The summed E-state index contributed by atoms with van der Waals surface area (Å²) in [5.41, 5.74) is 4.10. The fraction of sp³-hybridized carbons (Fsp3) is 0.389. The van der Waals surface area contributed by atoms with Gasteiger partial charge in [0.15, 0.2) is 0 Å². The molecule has 0 saturated carbocycles. The largest absolute Gasteiger partial charge is 0.349 e. The van der Waals surface area contributed by atoms with Crippen LogP contribution < -0.4 is 10.2 Å². The predicted molar refractivity (Wildman–Crippen MR) is 95.1 cm³/mol. The number of aromatic nitrogens is 1. The van der Waals surface area contributed by atoms with E-state index >= 15 is 0 Å². The van der Waals surface area contributed by atoms with Crippen molar-refractivity contribution in [1.82, 2.24) is 10.3 Å². The Bertz CT molecular complexity index is 784. The average Bonchev–Trinajstić information content (AvgIpc) is 3.14. The fourth-order valence-corrected chi connectivity index (χ4v) is 3.65. The van der Waals surface area contributed by atoms with Crippen molar-refractivity contribution in [3.63, 3.8) is 0 Å². The minimum atomic E-state index is -0.307. The molecule has 1 aliphatic heterocycles. The molecule has 126 valence electrons. The SMILES string of the molecule is Cc1csc(CNC(=O)C2CC(=O)N(c3cccc(C)c3C)C2)n1. The second-order valence-electron chi connectivity index (χ2n) is 6.22. The van der Waals surface area contributed by atoms with Crippen LogP contribution in [0.1, 0.15) is 28.2 Å². The van der Waals surface area contributed by atoms with Crippen LogP contribution in [-0.4, -0.2) is 23.3 Å². The topological polar surface area (TPSA) is 62.3 Å². The third kappa shape index (κ3) is 3.33. The summed E-state index contributed by atoms with van der Waals surface area (Å²) in [6, 6.07) is 5.92. The summed E-state index contributed by atoms with van der Waals surface area (Å²) in [5.74, 6) is -0.378. The van der Waals surface area contributed by atoms with E-state index in [2.05, 4.69) is 10.3 Å². The highest BCUT2D eigenvalue weighted by atomic mass is 32.1. The van der Waals surface area contributed by atoms with Crippen molar-refractivity contribution in [1.29, 1.82) is 0 Å². The zero-order chi connectivity index (χ0) is 17.3. The molecule has 24 heavy (non-hydrogen) atoms. The molecule has 0 spiro atoms. The van der Waals surface area contributed by atoms with E-state index in [0.29, 0.717) is 13.1 Å². The standard InChI is InChI=1S/C18H21N3O2S/c1-11-5-4-6-15(13(11)3)21-9-14(7-17(21)22)18(23)19-8-16-20-12(2)10-24-16/h4-6,10,14H,7-9H2,1-3H3,(H,19,23). The highest BCUT2D eigenvalue weighted by molar-refractivity contribution is 7.09. The average molecular weight is 343 g/mol. The number of thiazole rings is 1. The molecular weight excluding hydrogens is 322 g/mol. The number of nitrogens with zero attached hydrogens (tertiary/aromatic N) is 2. The van der Waals surface area contributed by atoms with E-state index in [9.17, 15) is 9.59 Å². The second-order valence-corrected chi connectivity index (χ2v) is 7.17. The van der Waals surface area contributed by atoms with Gasteiger partial charge in [0, 0.05) is 29.7 Å². The van der Waals surface area contributed by atoms with Crippen molar-refractivity contribution < 1.29 is 9.59 Å². The van der Waals surface area contributed by atoms with Crippen LogP contribution in [0.5, 0.6) is 0 Å². The highest BCUT2D eigenvalue weighted by Gasteiger charge is 2.35. The minimum absolute atomic E-state index is 0.00828. The van der Waals surface area contributed by atoms with Crippen molar-refractivity contribution in [2.75, 3.05) is 11.4 Å². The van der Waals surface area contributed by atoms with Gasteiger partial charge in [-0.15, -0.1) is 11.3 Å². The Kier molecular flexibility index (Phi) is 4.66. The lowest BCUT2D eigenvalue weighted by molar-refractivity contribution is -0.126. The molecule has 2 aromatic rings. The number of benzene rings is 1. The van der Waals surface area contributed by atoms with Gasteiger partial charge in [0.05, 0.1) is 12.5 Å². The van der Waals surface area contributed by atoms with E-state index in [1.165, 1.54) is 11.3 Å². The summed E-state index contributed by atoms with van der Waals surface area (Å²) in [6.45, 7) is 6.83. The summed E-state index contributed by atoms with van der Waals surface area (Å²) < 4.78 is 0. The van der Waals surface area contributed by atoms with E-state index in [-0.39, 0.29) is 24.2 Å². The molecule has 1 aromatic carbocycles. The van der Waals surface area contributed by atoms with Crippen molar-refractivity contribution >= 4 is 28.8 Å². The van der Waals surface area contributed by atoms with Crippen LogP contribution in [0.3, 0.4) is 0 Å². The first-order valence-corrected chi connectivity index (χ1v) is 8.89. The first-order chi connectivity index (χ1) is 11.5. The number of carbonyl (C=O) groups is 2. The molecule has 2 heterocycles. The molecule has 1 unspecified atom stereocenters. The maximum atomic E-state index is 12.4. The maximum Gasteiger partial charge on any atom is 0.227 e. The molecule has 1 aliphatic rings. The number of rotatable bonds is 4. The number of aryl methyl sites for hydroxylation is 2. The Morgan fingerprint density at radius 3 is 2.88 bits per heavy atom. The molecule has 6 heteroatoms. The molecular formula is C18H21N3O2S. The third-order valence-corrected chi connectivity index (χ3v) is 5.41. The van der Waals surface area contributed by atoms with Gasteiger partial charge in [0.1, 0.15) is 5.01 Å². The Labute approximate surface area is 145 Å². The number of hydrogen-bond donors (Lipinski definition) is 1. The molecule has 1 aromatic heterocycles. The van der Waals surface area contributed by atoms with Gasteiger partial charge in [-0.2, -0.15) is 0 Å². The summed E-state index contributed by atoms with van der Waals surface area (Å²) >= 11 is 1.53. The Morgan fingerprint density at radius 2 is 2.17 bits per heavy atom. The Hall–Kier alpha value is -2.21. The first kappa shape index (κ1) is 16.6. The number of hydrogen-bond acceptors (Lipinski definition) is 4. The van der Waals surface area contributed by atoms with E-state index in [4.69, 9.17) is 0 Å². The molecule has 2 amide bonds. The van der Waals surface area contributed by atoms with Crippen LogP contribution in [0.2, 0.25) is 0 Å². The van der Waals surface area contributed by atoms with E-state index in [0.717, 1.165) is 27.5 Å². The van der Waals surface area contributed by atoms with Crippen molar-refractivity contribution in [2.24, 2.45) is 5.92 Å². The van der Waals surface area contributed by atoms with Crippen molar-refractivity contribution in [3.05, 3.63) is 45.4 Å². The van der Waals surface area contributed by atoms with Crippen molar-refractivity contribution in [2.45, 2.75) is 33.7 Å². The van der Waals surface area contributed by atoms with Crippen LogP contribution in [-0.2, 0) is 16.1 Å². The van der Waals surface area contributed by atoms with Gasteiger partial charge in [-0.3, -0.25) is 9.59 Å². The molecule has 5 nitrogen and oxygen atoms in total. The molecule has 1 saturated heterocycles. The van der Waals surface area contributed by atoms with Gasteiger partial charge in [-0.25, -0.2) is 4.98 Å². The number of nitrogens with one attached hydrogen (secondary N) is 1. The predicted octanol–water partition coefficient (Wildman–Crippen LogP) is 2.74. The Balaban J connectivity index is 1.65. The number of anilines is 1. The number of amides is 2. The third-order valence-electron chi connectivity index (χ3n) is 4.44. The smallest absolute Gasteiger partial charge is 0.227 e. The maximum absolute atomic E-state index is 12.4. The van der Waals surface area contributed by atoms with E-state index in [1.54, 1.807) is 4.90 Å². The lowest BCUT2D eigenvalue weighted by atomic mass is 10.1. The van der Waals surface area contributed by atoms with Crippen molar-refractivity contribution in [3.8, 4) is 0 Å². The van der Waals surface area contributed by atoms with Crippen LogP contribution in [0, 0.1) is 26.7 Å². The van der Waals surface area contributed by atoms with Crippen LogP contribution in [0.15, 0.2) is 23.6 Å². The monoisotopic (exact) mass is 343 g/mol. The molecule has 1 fully saturated rings. The van der Waals surface area contributed by atoms with Crippen LogP contribution in [0.4, 0.5) is 5.69 Å². The van der Waals surface area contributed by atoms with Crippen LogP contribution in [0.25, 0.3) is 0 Å². The highest BCUT2D eigenvalue weighted by Crippen LogP contribution is 2.29. The zero-order valence-corrected chi connectivity index (χ0v) is 14.9. The van der Waals surface area contributed by atoms with Gasteiger partial charge < -0.3 is 10.2 Å².